The van der Waals surface area contributed by atoms with Gasteiger partial charge in [-0.3, -0.25) is 9.80 Å². The Kier molecular flexibility index (Phi) is 7.87. The number of rotatable bonds is 5. The number of esters is 1. The molecule has 0 saturated carbocycles. The van der Waals surface area contributed by atoms with E-state index in [4.69, 9.17) is 14.2 Å². The van der Waals surface area contributed by atoms with E-state index in [0.29, 0.717) is 24.4 Å². The summed E-state index contributed by atoms with van der Waals surface area (Å²) in [5, 5.41) is 0. The lowest BCUT2D eigenvalue weighted by atomic mass is 10.2. The van der Waals surface area contributed by atoms with Crippen LogP contribution in [0.15, 0.2) is 18.2 Å². The molecule has 1 amide bonds. The highest BCUT2D eigenvalue weighted by Gasteiger charge is 2.22. The minimum absolute atomic E-state index is 0.342. The Morgan fingerprint density at radius 3 is 2.52 bits per heavy atom. The molecule has 0 unspecified atom stereocenters. The molecule has 0 spiro atoms. The summed E-state index contributed by atoms with van der Waals surface area (Å²) in [7, 11) is 1.64. The normalized spacial score (nSPS) is 15.3. The molecule has 1 aromatic carbocycles. The first-order chi connectivity index (χ1) is 12.7. The monoisotopic (exact) mass is 490 g/mol. The molecule has 0 bridgehead atoms. The highest BCUT2D eigenvalue weighted by Crippen LogP contribution is 2.25. The molecule has 27 heavy (non-hydrogen) atoms. The van der Waals surface area contributed by atoms with Crippen molar-refractivity contribution in [3.05, 3.63) is 27.3 Å². The maximum atomic E-state index is 12.3. The molecule has 2 rings (SSSR count). The van der Waals surface area contributed by atoms with E-state index in [1.54, 1.807) is 25.2 Å². The SMILES string of the molecule is CN(C(=O)OC(C)(C)C)c1ccc(C(=O)OCCN2CCOCC2)cc1I. The Morgan fingerprint density at radius 2 is 1.93 bits per heavy atom. The second-order valence-corrected chi connectivity index (χ2v) is 8.46. The highest BCUT2D eigenvalue weighted by atomic mass is 127. The second kappa shape index (κ2) is 9.70. The molecule has 1 heterocycles. The van der Waals surface area contributed by atoms with Crippen LogP contribution in [0.1, 0.15) is 31.1 Å². The van der Waals surface area contributed by atoms with Gasteiger partial charge in [0.2, 0.25) is 0 Å². The summed E-state index contributed by atoms with van der Waals surface area (Å²) < 4.78 is 16.8. The number of morpholine rings is 1. The molecule has 0 radical (unpaired) electrons. The lowest BCUT2D eigenvalue weighted by Crippen LogP contribution is -2.38. The van der Waals surface area contributed by atoms with E-state index < -0.39 is 11.7 Å². The van der Waals surface area contributed by atoms with Crippen molar-refractivity contribution in [1.82, 2.24) is 4.90 Å². The van der Waals surface area contributed by atoms with E-state index in [1.165, 1.54) is 4.90 Å². The molecule has 0 atom stereocenters. The van der Waals surface area contributed by atoms with Crippen molar-refractivity contribution in [3.8, 4) is 0 Å². The third kappa shape index (κ3) is 6.93. The van der Waals surface area contributed by atoms with Crippen molar-refractivity contribution in [3.63, 3.8) is 0 Å². The van der Waals surface area contributed by atoms with E-state index in [0.717, 1.165) is 29.9 Å². The molecule has 1 aromatic rings. The molecule has 1 aliphatic heterocycles. The summed E-state index contributed by atoms with van der Waals surface area (Å²) in [5.41, 5.74) is 0.568. The number of hydrogen-bond acceptors (Lipinski definition) is 6. The summed E-state index contributed by atoms with van der Waals surface area (Å²) in [6.45, 7) is 9.67. The van der Waals surface area contributed by atoms with Gasteiger partial charge in [-0.1, -0.05) is 0 Å². The maximum Gasteiger partial charge on any atom is 0.414 e. The zero-order chi connectivity index (χ0) is 20.0. The average molecular weight is 490 g/mol. The molecule has 0 aromatic heterocycles. The number of carbonyl (C=O) groups is 2. The number of halogens is 1. The van der Waals surface area contributed by atoms with Gasteiger partial charge >= 0.3 is 12.1 Å². The Bertz CT molecular complexity index is 669. The molecular formula is C19H27IN2O5. The predicted molar refractivity (Wildman–Crippen MR) is 111 cm³/mol. The zero-order valence-corrected chi connectivity index (χ0v) is 18.4. The maximum absolute atomic E-state index is 12.3. The largest absolute Gasteiger partial charge is 0.461 e. The third-order valence-electron chi connectivity index (χ3n) is 3.96. The lowest BCUT2D eigenvalue weighted by Gasteiger charge is -2.26. The van der Waals surface area contributed by atoms with Gasteiger partial charge in [0.1, 0.15) is 12.2 Å². The van der Waals surface area contributed by atoms with Crippen LogP contribution in [0.3, 0.4) is 0 Å². The van der Waals surface area contributed by atoms with E-state index in [1.807, 2.05) is 20.8 Å². The molecule has 7 nitrogen and oxygen atoms in total. The number of ether oxygens (including phenoxy) is 3. The third-order valence-corrected chi connectivity index (χ3v) is 4.82. The number of amides is 1. The Hall–Kier alpha value is -1.39. The van der Waals surface area contributed by atoms with Gasteiger partial charge < -0.3 is 14.2 Å². The Balaban J connectivity index is 1.92. The van der Waals surface area contributed by atoms with Gasteiger partial charge in [-0.25, -0.2) is 9.59 Å². The Labute approximate surface area is 174 Å². The van der Waals surface area contributed by atoms with Crippen molar-refractivity contribution in [2.24, 2.45) is 0 Å². The van der Waals surface area contributed by atoms with Crippen LogP contribution in [-0.2, 0) is 14.2 Å². The zero-order valence-electron chi connectivity index (χ0n) is 16.3. The quantitative estimate of drug-likeness (QED) is 0.467. The highest BCUT2D eigenvalue weighted by molar-refractivity contribution is 14.1. The van der Waals surface area contributed by atoms with Crippen LogP contribution in [0.25, 0.3) is 0 Å². The van der Waals surface area contributed by atoms with Gasteiger partial charge in [0.05, 0.1) is 24.5 Å². The van der Waals surface area contributed by atoms with Crippen LogP contribution in [-0.4, -0.2) is 69.1 Å². The summed E-state index contributed by atoms with van der Waals surface area (Å²) >= 11 is 2.10. The Morgan fingerprint density at radius 1 is 1.26 bits per heavy atom. The van der Waals surface area contributed by atoms with Crippen molar-refractivity contribution < 1.29 is 23.8 Å². The van der Waals surface area contributed by atoms with Gasteiger partial charge in [0, 0.05) is 30.3 Å². The van der Waals surface area contributed by atoms with Crippen molar-refractivity contribution in [1.29, 1.82) is 0 Å². The average Bonchev–Trinajstić information content (AvgIpc) is 2.60. The minimum atomic E-state index is -0.568. The second-order valence-electron chi connectivity index (χ2n) is 7.30. The predicted octanol–water partition coefficient (Wildman–Crippen LogP) is 3.15. The van der Waals surface area contributed by atoms with Gasteiger partial charge in [0.15, 0.2) is 0 Å². The molecule has 1 fully saturated rings. The number of anilines is 1. The van der Waals surface area contributed by atoms with E-state index in [2.05, 4.69) is 27.5 Å². The standard InChI is InChI=1S/C19H27IN2O5/c1-19(2,3)27-18(24)21(4)16-6-5-14(13-15(16)20)17(23)26-12-9-22-7-10-25-11-8-22/h5-6,13H,7-12H2,1-4H3. The first-order valence-corrected chi connectivity index (χ1v) is 9.99. The summed E-state index contributed by atoms with van der Waals surface area (Å²) in [6, 6.07) is 5.10. The smallest absolute Gasteiger partial charge is 0.414 e. The fourth-order valence-electron chi connectivity index (χ4n) is 2.51. The first kappa shape index (κ1) is 21.9. The molecular weight excluding hydrogens is 463 g/mol. The number of nitrogens with zero attached hydrogens (tertiary/aromatic N) is 2. The molecule has 150 valence electrons. The van der Waals surface area contributed by atoms with Crippen LogP contribution >= 0.6 is 22.6 Å². The van der Waals surface area contributed by atoms with Gasteiger partial charge in [-0.2, -0.15) is 0 Å². The van der Waals surface area contributed by atoms with Crippen LogP contribution in [0.4, 0.5) is 10.5 Å². The number of hydrogen-bond donors (Lipinski definition) is 0. The van der Waals surface area contributed by atoms with Crippen molar-refractivity contribution >= 4 is 40.3 Å². The summed E-state index contributed by atoms with van der Waals surface area (Å²) in [4.78, 5) is 28.1. The van der Waals surface area contributed by atoms with Crippen LogP contribution < -0.4 is 4.90 Å². The molecule has 0 aliphatic carbocycles. The first-order valence-electron chi connectivity index (χ1n) is 8.91. The molecule has 8 heteroatoms. The topological polar surface area (TPSA) is 68.3 Å². The van der Waals surface area contributed by atoms with E-state index in [9.17, 15) is 9.59 Å². The van der Waals surface area contributed by atoms with Crippen LogP contribution in [0.2, 0.25) is 0 Å². The van der Waals surface area contributed by atoms with Gasteiger partial charge in [-0.05, 0) is 61.6 Å². The van der Waals surface area contributed by atoms with Gasteiger partial charge in [0.25, 0.3) is 0 Å². The molecule has 0 N–H and O–H groups in total. The summed E-state index contributed by atoms with van der Waals surface area (Å²) in [5.74, 6) is -0.368. The summed E-state index contributed by atoms with van der Waals surface area (Å²) in [6.07, 6.45) is -0.443. The molecule has 1 aliphatic rings. The fraction of sp³-hybridized carbons (Fsp3) is 0.579. The fourth-order valence-corrected chi connectivity index (χ4v) is 3.39. The van der Waals surface area contributed by atoms with Crippen LogP contribution in [0, 0.1) is 3.57 Å². The lowest BCUT2D eigenvalue weighted by molar-refractivity contribution is 0.0195. The van der Waals surface area contributed by atoms with E-state index in [-0.39, 0.29) is 5.97 Å². The van der Waals surface area contributed by atoms with E-state index >= 15 is 0 Å². The van der Waals surface area contributed by atoms with Gasteiger partial charge in [-0.15, -0.1) is 0 Å². The number of carbonyl (C=O) groups excluding carboxylic acids is 2. The van der Waals surface area contributed by atoms with Crippen molar-refractivity contribution in [2.75, 3.05) is 51.4 Å². The number of benzene rings is 1. The van der Waals surface area contributed by atoms with Crippen LogP contribution in [0.5, 0.6) is 0 Å². The van der Waals surface area contributed by atoms with Crippen molar-refractivity contribution in [2.45, 2.75) is 26.4 Å². The molecule has 1 saturated heterocycles. The minimum Gasteiger partial charge on any atom is -0.461 e.